The summed E-state index contributed by atoms with van der Waals surface area (Å²) in [6.45, 7) is 2.20. The number of Topliss-reactive ketones (excluding diaryl/α,β-unsaturated/α-hetero) is 1. The second-order valence-corrected chi connectivity index (χ2v) is 5.83. The van der Waals surface area contributed by atoms with E-state index in [1.807, 2.05) is 0 Å². The van der Waals surface area contributed by atoms with Crippen molar-refractivity contribution in [3.8, 4) is 0 Å². The summed E-state index contributed by atoms with van der Waals surface area (Å²) in [7, 11) is 0. The average Bonchev–Trinajstić information content (AvgIpc) is 2.37. The third kappa shape index (κ3) is 6.33. The molecule has 0 unspecified atom stereocenters. The van der Waals surface area contributed by atoms with E-state index in [1.165, 1.54) is 38.2 Å². The number of carbonyl (C=O) groups is 1. The Labute approximate surface area is 123 Å². The first-order valence-corrected chi connectivity index (χ1v) is 7.92. The fourth-order valence-corrected chi connectivity index (χ4v) is 2.43. The lowest BCUT2D eigenvalue weighted by atomic mass is 10.0. The van der Waals surface area contributed by atoms with Gasteiger partial charge in [-0.15, -0.1) is 0 Å². The number of carbonyl (C=O) groups excluding carboxylic acids is 1. The first kappa shape index (κ1) is 16.4. The fraction of sp³-hybridized carbons (Fsp3) is 0.562. The Morgan fingerprint density at radius 2 is 1.74 bits per heavy atom. The van der Waals surface area contributed by atoms with Crippen molar-refractivity contribution in [3.63, 3.8) is 0 Å². The molecule has 0 aliphatic heterocycles. The van der Waals surface area contributed by atoms with Crippen molar-refractivity contribution in [2.24, 2.45) is 0 Å². The van der Waals surface area contributed by atoms with Gasteiger partial charge in [-0.3, -0.25) is 4.79 Å². The van der Waals surface area contributed by atoms with Crippen LogP contribution in [0.4, 0.5) is 4.39 Å². The normalized spacial score (nSPS) is 10.7. The highest BCUT2D eigenvalue weighted by atomic mass is 79.9. The highest BCUT2D eigenvalue weighted by molar-refractivity contribution is 9.10. The molecule has 1 aromatic rings. The molecule has 0 amide bonds. The zero-order valence-electron chi connectivity index (χ0n) is 11.6. The fourth-order valence-electron chi connectivity index (χ4n) is 2.09. The number of unbranched alkanes of at least 4 members (excludes halogenated alkanes) is 6. The molecule has 0 fully saturated rings. The molecular weight excluding hydrogens is 307 g/mol. The number of halogens is 2. The summed E-state index contributed by atoms with van der Waals surface area (Å²) in [5.74, 6) is -0.513. The molecule has 106 valence electrons. The van der Waals surface area contributed by atoms with Crippen LogP contribution in [0.25, 0.3) is 0 Å². The van der Waals surface area contributed by atoms with Gasteiger partial charge in [-0.1, -0.05) is 61.4 Å². The van der Waals surface area contributed by atoms with Gasteiger partial charge in [0.05, 0.1) is 5.56 Å². The molecule has 0 bridgehead atoms. The third-order valence-electron chi connectivity index (χ3n) is 3.24. The molecule has 0 saturated heterocycles. The van der Waals surface area contributed by atoms with Gasteiger partial charge in [0.25, 0.3) is 0 Å². The largest absolute Gasteiger partial charge is 0.294 e. The van der Waals surface area contributed by atoms with Crippen LogP contribution < -0.4 is 0 Å². The van der Waals surface area contributed by atoms with Gasteiger partial charge in [0.1, 0.15) is 5.82 Å². The highest BCUT2D eigenvalue weighted by Gasteiger charge is 2.11. The Morgan fingerprint density at radius 1 is 1.11 bits per heavy atom. The molecule has 1 rings (SSSR count). The van der Waals surface area contributed by atoms with Crippen LogP contribution in [0.3, 0.4) is 0 Å². The first-order valence-electron chi connectivity index (χ1n) is 7.13. The van der Waals surface area contributed by atoms with Crippen molar-refractivity contribution in [1.29, 1.82) is 0 Å². The van der Waals surface area contributed by atoms with E-state index in [9.17, 15) is 9.18 Å². The highest BCUT2D eigenvalue weighted by Crippen LogP contribution is 2.18. The number of hydrogen-bond acceptors (Lipinski definition) is 1. The van der Waals surface area contributed by atoms with Gasteiger partial charge >= 0.3 is 0 Å². The molecule has 0 spiro atoms. The summed E-state index contributed by atoms with van der Waals surface area (Å²) in [5, 5.41) is 0. The maximum absolute atomic E-state index is 13.6. The maximum atomic E-state index is 13.6. The number of hydrogen-bond donors (Lipinski definition) is 0. The Balaban J connectivity index is 2.24. The van der Waals surface area contributed by atoms with E-state index < -0.39 is 5.82 Å². The van der Waals surface area contributed by atoms with Crippen molar-refractivity contribution in [1.82, 2.24) is 0 Å². The first-order chi connectivity index (χ1) is 9.15. The molecule has 1 nitrogen and oxygen atoms in total. The zero-order valence-corrected chi connectivity index (χ0v) is 13.1. The summed E-state index contributed by atoms with van der Waals surface area (Å²) in [4.78, 5) is 11.9. The van der Waals surface area contributed by atoms with Gasteiger partial charge in [0, 0.05) is 10.9 Å². The van der Waals surface area contributed by atoms with Crippen molar-refractivity contribution in [3.05, 3.63) is 34.1 Å². The van der Waals surface area contributed by atoms with Gasteiger partial charge in [-0.2, -0.15) is 0 Å². The monoisotopic (exact) mass is 328 g/mol. The predicted molar refractivity (Wildman–Crippen MR) is 81.0 cm³/mol. The van der Waals surface area contributed by atoms with E-state index >= 15 is 0 Å². The Bertz CT molecular complexity index is 404. The van der Waals surface area contributed by atoms with E-state index in [1.54, 1.807) is 12.1 Å². The van der Waals surface area contributed by atoms with Crippen molar-refractivity contribution >= 4 is 21.7 Å². The summed E-state index contributed by atoms with van der Waals surface area (Å²) in [5.41, 5.74) is 0.217. The van der Waals surface area contributed by atoms with Gasteiger partial charge in [0.2, 0.25) is 0 Å². The van der Waals surface area contributed by atoms with E-state index in [-0.39, 0.29) is 11.3 Å². The number of ketones is 1. The number of rotatable bonds is 9. The van der Waals surface area contributed by atoms with Gasteiger partial charge < -0.3 is 0 Å². The van der Waals surface area contributed by atoms with Crippen LogP contribution in [0.5, 0.6) is 0 Å². The van der Waals surface area contributed by atoms with Crippen molar-refractivity contribution in [2.45, 2.75) is 58.3 Å². The van der Waals surface area contributed by atoms with E-state index in [2.05, 4.69) is 22.9 Å². The summed E-state index contributed by atoms with van der Waals surface area (Å²) >= 11 is 3.19. The molecule has 0 aromatic heterocycles. The maximum Gasteiger partial charge on any atom is 0.165 e. The molecule has 0 N–H and O–H groups in total. The van der Waals surface area contributed by atoms with Crippen LogP contribution in [0.15, 0.2) is 22.7 Å². The molecule has 3 heteroatoms. The van der Waals surface area contributed by atoms with Crippen LogP contribution >= 0.6 is 15.9 Å². The third-order valence-corrected chi connectivity index (χ3v) is 3.73. The van der Waals surface area contributed by atoms with Crippen LogP contribution in [0.1, 0.15) is 68.6 Å². The van der Waals surface area contributed by atoms with E-state index in [0.29, 0.717) is 10.9 Å². The standard InChI is InChI=1S/C16H22BrFO/c1-2-3-4-5-6-7-8-9-16(19)14-11-10-13(17)12-15(14)18/h10-12H,2-9H2,1H3. The second-order valence-electron chi connectivity index (χ2n) is 4.92. The Kier molecular flexibility index (Phi) is 7.96. The van der Waals surface area contributed by atoms with Crippen molar-refractivity contribution in [2.75, 3.05) is 0 Å². The molecule has 0 aliphatic carbocycles. The summed E-state index contributed by atoms with van der Waals surface area (Å²) < 4.78 is 14.2. The van der Waals surface area contributed by atoms with Crippen molar-refractivity contribution < 1.29 is 9.18 Å². The second kappa shape index (κ2) is 9.24. The quantitative estimate of drug-likeness (QED) is 0.406. The molecule has 1 aromatic carbocycles. The minimum atomic E-state index is -0.428. The van der Waals surface area contributed by atoms with Crippen LogP contribution in [-0.4, -0.2) is 5.78 Å². The Morgan fingerprint density at radius 3 is 2.37 bits per heavy atom. The van der Waals surface area contributed by atoms with Crippen LogP contribution in [0, 0.1) is 5.82 Å². The predicted octanol–water partition coefficient (Wildman–Crippen LogP) is 5.91. The van der Waals surface area contributed by atoms with E-state index in [0.717, 1.165) is 12.8 Å². The molecule has 0 aliphatic rings. The summed E-state index contributed by atoms with van der Waals surface area (Å²) in [6, 6.07) is 4.61. The lowest BCUT2D eigenvalue weighted by Crippen LogP contribution is -2.02. The molecular formula is C16H22BrFO. The molecule has 0 saturated carbocycles. The molecule has 0 radical (unpaired) electrons. The molecule has 0 heterocycles. The zero-order chi connectivity index (χ0) is 14.1. The number of benzene rings is 1. The minimum Gasteiger partial charge on any atom is -0.294 e. The van der Waals surface area contributed by atoms with E-state index in [4.69, 9.17) is 0 Å². The van der Waals surface area contributed by atoms with Gasteiger partial charge in [0.15, 0.2) is 5.78 Å². The topological polar surface area (TPSA) is 17.1 Å². The lowest BCUT2D eigenvalue weighted by Gasteiger charge is -2.03. The molecule has 19 heavy (non-hydrogen) atoms. The Hall–Kier alpha value is -0.700. The molecule has 0 atom stereocenters. The van der Waals surface area contributed by atoms with Gasteiger partial charge in [-0.05, 0) is 24.6 Å². The SMILES string of the molecule is CCCCCCCCCC(=O)c1ccc(Br)cc1F. The smallest absolute Gasteiger partial charge is 0.165 e. The van der Waals surface area contributed by atoms with Gasteiger partial charge in [-0.25, -0.2) is 4.39 Å². The van der Waals surface area contributed by atoms with Crippen LogP contribution in [0.2, 0.25) is 0 Å². The summed E-state index contributed by atoms with van der Waals surface area (Å²) in [6.07, 6.45) is 8.63. The van der Waals surface area contributed by atoms with Crippen LogP contribution in [-0.2, 0) is 0 Å². The minimum absolute atomic E-state index is 0.0847. The average molecular weight is 329 g/mol. The lowest BCUT2D eigenvalue weighted by molar-refractivity contribution is 0.0975.